The minimum atomic E-state index is -0.659. The highest BCUT2D eigenvalue weighted by Crippen LogP contribution is 2.10. The van der Waals surface area contributed by atoms with Gasteiger partial charge in [0.05, 0.1) is 6.61 Å². The van der Waals surface area contributed by atoms with Crippen LogP contribution in [0.2, 0.25) is 0 Å². The Labute approximate surface area is 167 Å². The zero-order valence-electron chi connectivity index (χ0n) is 18.1. The van der Waals surface area contributed by atoms with Gasteiger partial charge in [-0.15, -0.1) is 0 Å². The lowest BCUT2D eigenvalue weighted by atomic mass is 10.1. The standard InChI is InChI=1S/C12H24O2.C11H20O2/c1-2-3-4-5-6-7-8-9-10-11-12(13)14;1-4-11(12)13-9-7-5-6-8-10(2)3/h2-11H2,1H3,(H,13,14);4,10H,1,5-9H2,2-3H3. The van der Waals surface area contributed by atoms with Gasteiger partial charge in [0.2, 0.25) is 0 Å². The summed E-state index contributed by atoms with van der Waals surface area (Å²) in [7, 11) is 0. The first-order chi connectivity index (χ1) is 12.9. The lowest BCUT2D eigenvalue weighted by molar-refractivity contribution is -0.138. The summed E-state index contributed by atoms with van der Waals surface area (Å²) in [6, 6.07) is 0. The van der Waals surface area contributed by atoms with E-state index in [9.17, 15) is 9.59 Å². The molecule has 0 atom stereocenters. The van der Waals surface area contributed by atoms with Crippen molar-refractivity contribution in [1.29, 1.82) is 0 Å². The first-order valence-electron chi connectivity index (χ1n) is 10.9. The van der Waals surface area contributed by atoms with E-state index in [4.69, 9.17) is 9.84 Å². The van der Waals surface area contributed by atoms with Crippen LogP contribution in [0, 0.1) is 5.92 Å². The van der Waals surface area contributed by atoms with E-state index in [-0.39, 0.29) is 5.97 Å². The van der Waals surface area contributed by atoms with Crippen LogP contribution in [0.5, 0.6) is 0 Å². The number of hydrogen-bond donors (Lipinski definition) is 1. The molecule has 0 unspecified atom stereocenters. The average Bonchev–Trinajstić information content (AvgIpc) is 2.63. The highest BCUT2D eigenvalue weighted by atomic mass is 16.5. The van der Waals surface area contributed by atoms with Gasteiger partial charge in [0, 0.05) is 12.5 Å². The molecule has 0 heterocycles. The maximum Gasteiger partial charge on any atom is 0.330 e. The molecule has 27 heavy (non-hydrogen) atoms. The van der Waals surface area contributed by atoms with E-state index in [0.29, 0.717) is 13.0 Å². The summed E-state index contributed by atoms with van der Waals surface area (Å²) >= 11 is 0. The molecule has 160 valence electrons. The molecule has 0 aromatic rings. The lowest BCUT2D eigenvalue weighted by Gasteiger charge is -2.04. The zero-order valence-corrected chi connectivity index (χ0v) is 18.1. The Kier molecular flexibility index (Phi) is 23.5. The molecule has 4 heteroatoms. The van der Waals surface area contributed by atoms with Crippen molar-refractivity contribution in [2.45, 2.75) is 111 Å². The molecule has 0 aliphatic heterocycles. The number of carboxylic acid groups (broad SMARTS) is 1. The SMILES string of the molecule is C=CC(=O)OCCCCCC(C)C.CCCCCCCCCCCC(=O)O. The quantitative estimate of drug-likeness (QED) is 0.168. The maximum absolute atomic E-state index is 10.6. The molecule has 0 amide bonds. The molecular weight excluding hydrogens is 340 g/mol. The molecule has 0 radical (unpaired) electrons. The molecule has 0 aliphatic carbocycles. The Morgan fingerprint density at radius 3 is 1.89 bits per heavy atom. The van der Waals surface area contributed by atoms with Crippen LogP contribution >= 0.6 is 0 Å². The van der Waals surface area contributed by atoms with Gasteiger partial charge in [-0.3, -0.25) is 4.79 Å². The van der Waals surface area contributed by atoms with Gasteiger partial charge < -0.3 is 9.84 Å². The van der Waals surface area contributed by atoms with Crippen LogP contribution in [0.25, 0.3) is 0 Å². The van der Waals surface area contributed by atoms with Crippen molar-refractivity contribution in [2.75, 3.05) is 6.61 Å². The number of ether oxygens (including phenoxy) is 1. The number of hydrogen-bond acceptors (Lipinski definition) is 3. The predicted octanol–water partition coefficient (Wildman–Crippen LogP) is 6.92. The second-order valence-electron chi connectivity index (χ2n) is 7.59. The van der Waals surface area contributed by atoms with Gasteiger partial charge in [-0.05, 0) is 18.8 Å². The number of carbonyl (C=O) groups excluding carboxylic acids is 1. The van der Waals surface area contributed by atoms with E-state index >= 15 is 0 Å². The van der Waals surface area contributed by atoms with Crippen molar-refractivity contribution >= 4 is 11.9 Å². The van der Waals surface area contributed by atoms with E-state index in [0.717, 1.165) is 31.6 Å². The van der Waals surface area contributed by atoms with Crippen molar-refractivity contribution < 1.29 is 19.4 Å². The number of esters is 1. The van der Waals surface area contributed by atoms with Crippen LogP contribution in [-0.4, -0.2) is 23.7 Å². The summed E-state index contributed by atoms with van der Waals surface area (Å²) in [6.45, 7) is 10.5. The van der Waals surface area contributed by atoms with E-state index in [1.54, 1.807) is 0 Å². The highest BCUT2D eigenvalue weighted by molar-refractivity contribution is 5.81. The number of aliphatic carboxylic acids is 1. The number of carboxylic acids is 1. The minimum Gasteiger partial charge on any atom is -0.481 e. The molecule has 4 nitrogen and oxygen atoms in total. The van der Waals surface area contributed by atoms with Crippen molar-refractivity contribution in [1.82, 2.24) is 0 Å². The van der Waals surface area contributed by atoms with Gasteiger partial charge in [-0.2, -0.15) is 0 Å². The lowest BCUT2D eigenvalue weighted by Crippen LogP contribution is -2.01. The summed E-state index contributed by atoms with van der Waals surface area (Å²) in [5, 5.41) is 8.41. The Bertz CT molecular complexity index is 350. The first-order valence-corrected chi connectivity index (χ1v) is 10.9. The molecule has 0 spiro atoms. The maximum atomic E-state index is 10.6. The molecule has 0 bridgehead atoms. The molecule has 1 N–H and O–H groups in total. The third-order valence-corrected chi connectivity index (χ3v) is 4.33. The van der Waals surface area contributed by atoms with Crippen molar-refractivity contribution in [3.05, 3.63) is 12.7 Å². The molecule has 0 aromatic carbocycles. The molecule has 0 saturated carbocycles. The van der Waals surface area contributed by atoms with Crippen LogP contribution in [0.15, 0.2) is 12.7 Å². The zero-order chi connectivity index (χ0) is 20.8. The summed E-state index contributed by atoms with van der Waals surface area (Å²) in [5.41, 5.74) is 0. The van der Waals surface area contributed by atoms with Crippen molar-refractivity contribution in [3.63, 3.8) is 0 Å². The topological polar surface area (TPSA) is 63.6 Å². The van der Waals surface area contributed by atoms with Crippen molar-refractivity contribution in [2.24, 2.45) is 5.92 Å². The fourth-order valence-electron chi connectivity index (χ4n) is 2.65. The van der Waals surface area contributed by atoms with Gasteiger partial charge in [0.15, 0.2) is 0 Å². The summed E-state index contributed by atoms with van der Waals surface area (Å²) in [6.07, 6.45) is 17.3. The van der Waals surface area contributed by atoms with E-state index < -0.39 is 5.97 Å². The Morgan fingerprint density at radius 1 is 0.889 bits per heavy atom. The van der Waals surface area contributed by atoms with Crippen LogP contribution < -0.4 is 0 Å². The third-order valence-electron chi connectivity index (χ3n) is 4.33. The van der Waals surface area contributed by atoms with Gasteiger partial charge in [0.1, 0.15) is 0 Å². The van der Waals surface area contributed by atoms with E-state index in [2.05, 4.69) is 27.4 Å². The van der Waals surface area contributed by atoms with Crippen LogP contribution in [0.4, 0.5) is 0 Å². The van der Waals surface area contributed by atoms with Crippen LogP contribution in [-0.2, 0) is 14.3 Å². The first kappa shape index (κ1) is 27.9. The number of carbonyl (C=O) groups is 2. The minimum absolute atomic E-state index is 0.316. The number of unbranched alkanes of at least 4 members (excludes halogenated alkanes) is 10. The fraction of sp³-hybridized carbons (Fsp3) is 0.826. The second-order valence-corrected chi connectivity index (χ2v) is 7.59. The van der Waals surface area contributed by atoms with Gasteiger partial charge in [-0.1, -0.05) is 98.0 Å². The number of rotatable bonds is 17. The van der Waals surface area contributed by atoms with Crippen molar-refractivity contribution in [3.8, 4) is 0 Å². The second kappa shape index (κ2) is 22.7. The fourth-order valence-corrected chi connectivity index (χ4v) is 2.65. The molecule has 0 aliphatic rings. The normalized spacial score (nSPS) is 10.2. The predicted molar refractivity (Wildman–Crippen MR) is 114 cm³/mol. The van der Waals surface area contributed by atoms with Gasteiger partial charge in [0.25, 0.3) is 0 Å². The molecule has 0 fully saturated rings. The summed E-state index contributed by atoms with van der Waals surface area (Å²) in [5.74, 6) is -0.201. The van der Waals surface area contributed by atoms with Gasteiger partial charge in [-0.25, -0.2) is 4.79 Å². The monoisotopic (exact) mass is 384 g/mol. The molecular formula is C23H44O4. The largest absolute Gasteiger partial charge is 0.481 e. The molecule has 0 rings (SSSR count). The Morgan fingerprint density at radius 2 is 1.41 bits per heavy atom. The van der Waals surface area contributed by atoms with Gasteiger partial charge >= 0.3 is 11.9 Å². The average molecular weight is 385 g/mol. The summed E-state index contributed by atoms with van der Waals surface area (Å²) in [4.78, 5) is 20.8. The molecule has 0 saturated heterocycles. The molecule has 0 aromatic heterocycles. The van der Waals surface area contributed by atoms with E-state index in [1.165, 1.54) is 63.9 Å². The van der Waals surface area contributed by atoms with Crippen LogP contribution in [0.1, 0.15) is 111 Å². The summed E-state index contributed by atoms with van der Waals surface area (Å²) < 4.78 is 4.84. The smallest absolute Gasteiger partial charge is 0.330 e. The van der Waals surface area contributed by atoms with E-state index in [1.807, 2.05) is 0 Å². The Hall–Kier alpha value is -1.32. The highest BCUT2D eigenvalue weighted by Gasteiger charge is 1.97. The van der Waals surface area contributed by atoms with Crippen LogP contribution in [0.3, 0.4) is 0 Å². The third kappa shape index (κ3) is 29.7. The Balaban J connectivity index is 0.